The summed E-state index contributed by atoms with van der Waals surface area (Å²) in [5.41, 5.74) is 3.43. The van der Waals surface area contributed by atoms with Crippen molar-refractivity contribution in [1.82, 2.24) is 10.3 Å². The Hall–Kier alpha value is -3.23. The van der Waals surface area contributed by atoms with E-state index in [0.717, 1.165) is 34.2 Å². The minimum absolute atomic E-state index is 0.00694. The molecule has 3 aromatic rings. The van der Waals surface area contributed by atoms with E-state index < -0.39 is 0 Å². The van der Waals surface area contributed by atoms with Gasteiger partial charge in [-0.1, -0.05) is 6.07 Å². The zero-order chi connectivity index (χ0) is 22.0. The molecule has 31 heavy (non-hydrogen) atoms. The summed E-state index contributed by atoms with van der Waals surface area (Å²) in [7, 11) is 1.49. The fourth-order valence-electron chi connectivity index (χ4n) is 3.79. The minimum atomic E-state index is -0.204. The van der Waals surface area contributed by atoms with Gasteiger partial charge in [0.15, 0.2) is 5.11 Å². The van der Waals surface area contributed by atoms with Crippen molar-refractivity contribution < 1.29 is 13.9 Å². The average Bonchev–Trinajstić information content (AvgIpc) is 3.33. The zero-order valence-corrected chi connectivity index (χ0v) is 18.4. The molecule has 1 amide bonds. The maximum atomic E-state index is 11.9. The van der Waals surface area contributed by atoms with Gasteiger partial charge in [-0.25, -0.2) is 0 Å². The van der Waals surface area contributed by atoms with E-state index >= 15 is 0 Å². The number of pyridine rings is 1. The van der Waals surface area contributed by atoms with Crippen molar-refractivity contribution in [2.24, 2.45) is 0 Å². The summed E-state index contributed by atoms with van der Waals surface area (Å²) in [4.78, 5) is 18.5. The molecule has 0 radical (unpaired) electrons. The first-order valence-electron chi connectivity index (χ1n) is 9.94. The predicted octanol–water partition coefficient (Wildman–Crippen LogP) is 4.05. The third-order valence-electron chi connectivity index (χ3n) is 5.19. The smallest absolute Gasteiger partial charge is 0.250 e. The first-order chi connectivity index (χ1) is 15.0. The van der Waals surface area contributed by atoms with Crippen molar-refractivity contribution in [2.75, 3.05) is 23.9 Å². The topological polar surface area (TPSA) is 79.6 Å². The molecular formula is C23H24N4O3S. The van der Waals surface area contributed by atoms with Gasteiger partial charge in [-0.3, -0.25) is 9.78 Å². The van der Waals surface area contributed by atoms with Gasteiger partial charge in [0.1, 0.15) is 24.2 Å². The van der Waals surface area contributed by atoms with Crippen LogP contribution in [-0.2, 0) is 9.53 Å². The highest BCUT2D eigenvalue weighted by atomic mass is 32.1. The summed E-state index contributed by atoms with van der Waals surface area (Å²) in [6, 6.07) is 15.2. The van der Waals surface area contributed by atoms with E-state index in [1.807, 2.05) is 67.3 Å². The third-order valence-corrected chi connectivity index (χ3v) is 5.50. The molecule has 4 rings (SSSR count). The number of ether oxygens (including phenoxy) is 1. The summed E-state index contributed by atoms with van der Waals surface area (Å²) >= 11 is 5.72. The summed E-state index contributed by atoms with van der Waals surface area (Å²) in [6.07, 6.45) is 1.77. The largest absolute Gasteiger partial charge is 0.464 e. The first-order valence-corrected chi connectivity index (χ1v) is 10.3. The molecule has 0 saturated carbocycles. The van der Waals surface area contributed by atoms with Gasteiger partial charge in [-0.15, -0.1) is 0 Å². The van der Waals surface area contributed by atoms with Crippen LogP contribution in [0.25, 0.3) is 0 Å². The molecule has 3 heterocycles. The van der Waals surface area contributed by atoms with E-state index in [4.69, 9.17) is 21.4 Å². The van der Waals surface area contributed by atoms with Crippen LogP contribution in [-0.4, -0.2) is 29.7 Å². The van der Waals surface area contributed by atoms with Gasteiger partial charge in [-0.05, 0) is 74.1 Å². The number of rotatable bonds is 6. The van der Waals surface area contributed by atoms with Crippen molar-refractivity contribution in [3.8, 4) is 0 Å². The van der Waals surface area contributed by atoms with E-state index in [2.05, 4.69) is 15.6 Å². The number of hydrogen-bond acceptors (Lipinski definition) is 5. The molecule has 160 valence electrons. The molecule has 2 aromatic heterocycles. The van der Waals surface area contributed by atoms with Crippen LogP contribution >= 0.6 is 12.2 Å². The van der Waals surface area contributed by atoms with Crippen LogP contribution < -0.4 is 15.5 Å². The zero-order valence-electron chi connectivity index (χ0n) is 17.6. The van der Waals surface area contributed by atoms with Gasteiger partial charge in [0, 0.05) is 24.7 Å². The van der Waals surface area contributed by atoms with Gasteiger partial charge < -0.3 is 24.7 Å². The number of nitrogens with zero attached hydrogens (tertiary/aromatic N) is 2. The molecule has 8 heteroatoms. The maximum absolute atomic E-state index is 11.9. The molecule has 7 nitrogen and oxygen atoms in total. The summed E-state index contributed by atoms with van der Waals surface area (Å²) in [5.74, 6) is 1.44. The SMILES string of the molecule is COCC(=O)Nc1ccc(N2C(=S)N[C@@H](c3ccccn3)[C@H]2c2ccc(C)o2)cc1C. The summed E-state index contributed by atoms with van der Waals surface area (Å²) in [5, 5.41) is 6.86. The monoisotopic (exact) mass is 436 g/mol. The van der Waals surface area contributed by atoms with Crippen molar-refractivity contribution in [1.29, 1.82) is 0 Å². The molecule has 0 aliphatic carbocycles. The van der Waals surface area contributed by atoms with Gasteiger partial charge in [-0.2, -0.15) is 0 Å². The molecule has 0 bridgehead atoms. The Kier molecular flexibility index (Phi) is 6.01. The van der Waals surface area contributed by atoms with Crippen molar-refractivity contribution >= 4 is 34.6 Å². The van der Waals surface area contributed by atoms with E-state index in [0.29, 0.717) is 5.11 Å². The Morgan fingerprint density at radius 2 is 2.10 bits per heavy atom. The second kappa shape index (κ2) is 8.87. The van der Waals surface area contributed by atoms with Gasteiger partial charge in [0.25, 0.3) is 0 Å². The molecule has 0 spiro atoms. The standard InChI is InChI=1S/C23H24N4O3S/c1-14-12-16(8-9-17(14)25-20(28)13-29-3)27-22(19-10-7-15(2)30-19)21(26-23(27)31)18-6-4-5-11-24-18/h4-12,21-22H,13H2,1-3H3,(H,25,28)(H,26,31)/t21-,22+/m0/s1. The second-order valence-electron chi connectivity index (χ2n) is 7.43. The fraction of sp³-hybridized carbons (Fsp3) is 0.261. The molecular weight excluding hydrogens is 412 g/mol. The Bertz CT molecular complexity index is 1100. The van der Waals surface area contributed by atoms with Crippen LogP contribution in [0.5, 0.6) is 0 Å². The lowest BCUT2D eigenvalue weighted by Crippen LogP contribution is -2.29. The third kappa shape index (κ3) is 4.30. The molecule has 2 N–H and O–H groups in total. The van der Waals surface area contributed by atoms with Crippen molar-refractivity contribution in [3.63, 3.8) is 0 Å². The number of carbonyl (C=O) groups is 1. The van der Waals surface area contributed by atoms with Crippen LogP contribution in [0.3, 0.4) is 0 Å². The first kappa shape index (κ1) is 21.0. The Morgan fingerprint density at radius 3 is 2.74 bits per heavy atom. The summed E-state index contributed by atoms with van der Waals surface area (Å²) < 4.78 is 10.9. The van der Waals surface area contributed by atoms with E-state index in [1.165, 1.54) is 7.11 Å². The Labute approximate surface area is 186 Å². The number of carbonyl (C=O) groups excluding carboxylic acids is 1. The number of thiocarbonyl (C=S) groups is 1. The highest BCUT2D eigenvalue weighted by Crippen LogP contribution is 2.42. The predicted molar refractivity (Wildman–Crippen MR) is 123 cm³/mol. The van der Waals surface area contributed by atoms with Crippen LogP contribution in [0.15, 0.2) is 59.1 Å². The molecule has 0 unspecified atom stereocenters. The minimum Gasteiger partial charge on any atom is -0.464 e. The van der Waals surface area contributed by atoms with E-state index in [9.17, 15) is 4.79 Å². The number of aromatic nitrogens is 1. The molecule has 1 fully saturated rings. The van der Waals surface area contributed by atoms with Crippen LogP contribution in [0, 0.1) is 13.8 Å². The number of methoxy groups -OCH3 is 1. The van der Waals surface area contributed by atoms with Gasteiger partial charge >= 0.3 is 0 Å². The number of hydrogen-bond donors (Lipinski definition) is 2. The fourth-order valence-corrected chi connectivity index (χ4v) is 4.14. The van der Waals surface area contributed by atoms with Crippen LogP contribution in [0.2, 0.25) is 0 Å². The van der Waals surface area contributed by atoms with E-state index in [1.54, 1.807) is 6.20 Å². The maximum Gasteiger partial charge on any atom is 0.250 e. The van der Waals surface area contributed by atoms with Crippen molar-refractivity contribution in [2.45, 2.75) is 25.9 Å². The van der Waals surface area contributed by atoms with Crippen molar-refractivity contribution in [3.05, 3.63) is 77.5 Å². The number of amides is 1. The molecule has 1 aliphatic rings. The van der Waals surface area contributed by atoms with Gasteiger partial charge in [0.05, 0.1) is 11.7 Å². The molecule has 1 aromatic carbocycles. The number of furan rings is 1. The Balaban J connectivity index is 1.71. The van der Waals surface area contributed by atoms with Crippen LogP contribution in [0.1, 0.15) is 34.9 Å². The lowest BCUT2D eigenvalue weighted by atomic mass is 10.0. The second-order valence-corrected chi connectivity index (χ2v) is 7.81. The lowest BCUT2D eigenvalue weighted by Gasteiger charge is -2.26. The number of aryl methyl sites for hydroxylation is 2. The highest BCUT2D eigenvalue weighted by molar-refractivity contribution is 7.80. The Morgan fingerprint density at radius 1 is 1.26 bits per heavy atom. The molecule has 1 aliphatic heterocycles. The molecule has 2 atom stereocenters. The van der Waals surface area contributed by atoms with E-state index in [-0.39, 0.29) is 24.6 Å². The normalized spacial score (nSPS) is 18.2. The molecule has 1 saturated heterocycles. The quantitative estimate of drug-likeness (QED) is 0.564. The van der Waals surface area contributed by atoms with Crippen LogP contribution in [0.4, 0.5) is 11.4 Å². The number of nitrogens with one attached hydrogen (secondary N) is 2. The highest BCUT2D eigenvalue weighted by Gasteiger charge is 2.42. The lowest BCUT2D eigenvalue weighted by molar-refractivity contribution is -0.119. The average molecular weight is 437 g/mol. The summed E-state index contributed by atoms with van der Waals surface area (Å²) in [6.45, 7) is 3.87. The van der Waals surface area contributed by atoms with Gasteiger partial charge in [0.2, 0.25) is 5.91 Å². The number of anilines is 2. The number of benzene rings is 1.